The van der Waals surface area contributed by atoms with Gasteiger partial charge in [-0.2, -0.15) is 0 Å². The Morgan fingerprint density at radius 3 is 2.87 bits per heavy atom. The normalized spacial score (nSPS) is 24.6. The van der Waals surface area contributed by atoms with Crippen LogP contribution >= 0.6 is 11.3 Å². The molecule has 3 aromatic rings. The molecule has 2 aromatic heterocycles. The molecule has 0 bridgehead atoms. The first kappa shape index (κ1) is 26.7. The molecule has 5 rings (SSSR count). The number of amides is 2. The fourth-order valence-electron chi connectivity index (χ4n) is 5.67. The summed E-state index contributed by atoms with van der Waals surface area (Å²) in [6.45, 7) is 6.94. The summed E-state index contributed by atoms with van der Waals surface area (Å²) < 4.78 is 0.934. The standard InChI is InChI=1S/C27H32N8O3S/c1-4-26(24(36)37)8-11-28-15-21(26)27(34-25(38)29-5-2)32-9-6-12-35(27)18-13-19(22-20(14-18)31-16-39-22)23-30-10-7-17(3)33-23/h6-7,9-10,12-14,16,21,28H,4-5,8,11,15H2,1-3H3,(H,36,37)(H2,29,34,38). The molecule has 12 heteroatoms. The van der Waals surface area contributed by atoms with Crippen LogP contribution in [-0.2, 0) is 4.79 Å². The minimum Gasteiger partial charge on any atom is -0.481 e. The number of carboxylic acids is 1. The number of nitrogens with zero attached hydrogens (tertiary/aromatic N) is 5. The molecule has 3 atom stereocenters. The lowest BCUT2D eigenvalue weighted by Gasteiger charge is -2.53. The summed E-state index contributed by atoms with van der Waals surface area (Å²) in [6.07, 6.45) is 7.73. The van der Waals surface area contributed by atoms with E-state index in [-0.39, 0.29) is 0 Å². The number of aryl methyl sites for hydroxylation is 1. The van der Waals surface area contributed by atoms with Gasteiger partial charge in [-0.1, -0.05) is 6.92 Å². The van der Waals surface area contributed by atoms with Gasteiger partial charge in [-0.05, 0) is 57.5 Å². The molecule has 2 aliphatic heterocycles. The van der Waals surface area contributed by atoms with Crippen LogP contribution in [0.4, 0.5) is 10.5 Å². The molecule has 0 radical (unpaired) electrons. The second-order valence-electron chi connectivity index (χ2n) is 9.74. The van der Waals surface area contributed by atoms with Crippen LogP contribution in [0.15, 0.2) is 47.2 Å². The van der Waals surface area contributed by atoms with Crippen molar-refractivity contribution in [3.05, 3.63) is 47.9 Å². The largest absolute Gasteiger partial charge is 0.481 e. The maximum atomic E-state index is 13.2. The molecule has 1 saturated heterocycles. The number of hydrogen-bond acceptors (Lipinski definition) is 9. The van der Waals surface area contributed by atoms with Crippen LogP contribution in [0.5, 0.6) is 0 Å². The van der Waals surface area contributed by atoms with Crippen molar-refractivity contribution in [3.63, 3.8) is 0 Å². The molecule has 3 unspecified atom stereocenters. The smallest absolute Gasteiger partial charge is 0.318 e. The number of hydrogen-bond donors (Lipinski definition) is 4. The summed E-state index contributed by atoms with van der Waals surface area (Å²) in [7, 11) is 0. The van der Waals surface area contributed by atoms with E-state index in [0.717, 1.165) is 21.5 Å². The first-order chi connectivity index (χ1) is 18.8. The number of rotatable bonds is 7. The van der Waals surface area contributed by atoms with Crippen molar-refractivity contribution in [2.45, 2.75) is 39.4 Å². The van der Waals surface area contributed by atoms with Crippen molar-refractivity contribution in [3.8, 4) is 11.4 Å². The molecule has 4 N–H and O–H groups in total. The Hall–Kier alpha value is -3.90. The summed E-state index contributed by atoms with van der Waals surface area (Å²) >= 11 is 1.50. The average Bonchev–Trinajstić information content (AvgIpc) is 3.41. The number of allylic oxidation sites excluding steroid dienone is 1. The predicted octanol–water partition coefficient (Wildman–Crippen LogP) is 3.53. The maximum absolute atomic E-state index is 13.2. The number of carbonyl (C=O) groups excluding carboxylic acids is 1. The Bertz CT molecular complexity index is 1460. The quantitative estimate of drug-likeness (QED) is 0.351. The van der Waals surface area contributed by atoms with Gasteiger partial charge in [-0.25, -0.2) is 24.7 Å². The number of aliphatic imine (C=N–C) groups is 1. The van der Waals surface area contributed by atoms with Gasteiger partial charge in [0, 0.05) is 48.6 Å². The van der Waals surface area contributed by atoms with E-state index in [9.17, 15) is 14.7 Å². The number of anilines is 1. The van der Waals surface area contributed by atoms with Gasteiger partial charge in [0.25, 0.3) is 0 Å². The third-order valence-electron chi connectivity index (χ3n) is 7.63. The topological polar surface area (TPSA) is 145 Å². The second kappa shape index (κ2) is 10.7. The minimum absolute atomic E-state index is 0.348. The molecule has 0 spiro atoms. The van der Waals surface area contributed by atoms with E-state index in [1.807, 2.05) is 50.1 Å². The fraction of sp³-hybridized carbons (Fsp3) is 0.407. The molecule has 11 nitrogen and oxygen atoms in total. The van der Waals surface area contributed by atoms with Crippen molar-refractivity contribution < 1.29 is 14.7 Å². The molecule has 0 saturated carbocycles. The van der Waals surface area contributed by atoms with E-state index >= 15 is 0 Å². The zero-order valence-corrected chi connectivity index (χ0v) is 23.0. The van der Waals surface area contributed by atoms with Crippen molar-refractivity contribution in [1.82, 2.24) is 30.9 Å². The Kier molecular flexibility index (Phi) is 7.32. The van der Waals surface area contributed by atoms with E-state index < -0.39 is 29.1 Å². The number of carbonyl (C=O) groups is 2. The molecule has 1 aromatic carbocycles. The predicted molar refractivity (Wildman–Crippen MR) is 152 cm³/mol. The van der Waals surface area contributed by atoms with E-state index in [0.29, 0.717) is 44.0 Å². The Morgan fingerprint density at radius 1 is 1.28 bits per heavy atom. The average molecular weight is 549 g/mol. The summed E-state index contributed by atoms with van der Waals surface area (Å²) in [5.74, 6) is -2.40. The summed E-state index contributed by atoms with van der Waals surface area (Å²) in [5, 5.41) is 19.8. The fourth-order valence-corrected chi connectivity index (χ4v) is 6.45. The highest BCUT2D eigenvalue weighted by atomic mass is 32.1. The Labute approximate surface area is 230 Å². The van der Waals surface area contributed by atoms with Crippen molar-refractivity contribution in [2.24, 2.45) is 16.3 Å². The van der Waals surface area contributed by atoms with E-state index in [4.69, 9.17) is 4.99 Å². The summed E-state index contributed by atoms with van der Waals surface area (Å²) in [5.41, 5.74) is 3.70. The highest BCUT2D eigenvalue weighted by Gasteiger charge is 2.59. The molecule has 2 aliphatic rings. The van der Waals surface area contributed by atoms with E-state index in [1.54, 1.807) is 24.0 Å². The number of piperidine rings is 1. The third kappa shape index (κ3) is 4.63. The van der Waals surface area contributed by atoms with Crippen LogP contribution < -0.4 is 20.9 Å². The molecular weight excluding hydrogens is 516 g/mol. The molecule has 4 heterocycles. The van der Waals surface area contributed by atoms with Crippen molar-refractivity contribution >= 4 is 45.5 Å². The van der Waals surface area contributed by atoms with Crippen LogP contribution in [0.1, 0.15) is 32.4 Å². The number of fused-ring (bicyclic) bond motifs is 1. The molecule has 204 valence electrons. The molecule has 39 heavy (non-hydrogen) atoms. The molecular formula is C27H32N8O3S. The number of thiazole rings is 1. The highest BCUT2D eigenvalue weighted by molar-refractivity contribution is 7.17. The van der Waals surface area contributed by atoms with Crippen LogP contribution in [0.3, 0.4) is 0 Å². The molecule has 2 amide bonds. The number of aliphatic carboxylic acids is 1. The van der Waals surface area contributed by atoms with Gasteiger partial charge in [-0.15, -0.1) is 11.3 Å². The zero-order valence-electron chi connectivity index (χ0n) is 22.1. The number of nitrogens with one attached hydrogen (secondary N) is 3. The maximum Gasteiger partial charge on any atom is 0.318 e. The number of urea groups is 1. The Balaban J connectivity index is 1.73. The number of benzene rings is 1. The number of carboxylic acid groups (broad SMARTS) is 1. The lowest BCUT2D eigenvalue weighted by Crippen LogP contribution is -2.71. The zero-order chi connectivity index (χ0) is 27.6. The number of aromatic nitrogens is 3. The van der Waals surface area contributed by atoms with Crippen molar-refractivity contribution in [2.75, 3.05) is 24.5 Å². The lowest BCUT2D eigenvalue weighted by molar-refractivity contribution is -0.158. The monoisotopic (exact) mass is 548 g/mol. The minimum atomic E-state index is -1.44. The SMILES string of the molecule is CCNC(=O)NC1(C2CNCCC2(CC)C(=O)O)N=CC=CN1c1cc(-c2nccc(C)n2)c2scnc2c1. The van der Waals surface area contributed by atoms with Gasteiger partial charge in [0.05, 0.1) is 27.1 Å². The summed E-state index contributed by atoms with van der Waals surface area (Å²) in [4.78, 5) is 46.5. The van der Waals surface area contributed by atoms with E-state index in [2.05, 4.69) is 30.9 Å². The van der Waals surface area contributed by atoms with Gasteiger partial charge < -0.3 is 20.6 Å². The van der Waals surface area contributed by atoms with Crippen LogP contribution in [0, 0.1) is 18.3 Å². The van der Waals surface area contributed by atoms with Crippen LogP contribution in [-0.4, -0.2) is 63.7 Å². The van der Waals surface area contributed by atoms with Crippen LogP contribution in [0.2, 0.25) is 0 Å². The molecule has 0 aliphatic carbocycles. The Morgan fingerprint density at radius 2 is 2.13 bits per heavy atom. The van der Waals surface area contributed by atoms with Crippen LogP contribution in [0.25, 0.3) is 21.6 Å². The van der Waals surface area contributed by atoms with Crippen molar-refractivity contribution in [1.29, 1.82) is 0 Å². The van der Waals surface area contributed by atoms with E-state index in [1.165, 1.54) is 11.3 Å². The van der Waals surface area contributed by atoms with Gasteiger partial charge >= 0.3 is 12.0 Å². The van der Waals surface area contributed by atoms with Gasteiger partial charge in [0.2, 0.25) is 5.79 Å². The van der Waals surface area contributed by atoms with Gasteiger partial charge in [-0.3, -0.25) is 10.1 Å². The first-order valence-corrected chi connectivity index (χ1v) is 13.9. The third-order valence-corrected chi connectivity index (χ3v) is 8.51. The lowest BCUT2D eigenvalue weighted by atomic mass is 9.65. The van der Waals surface area contributed by atoms with Gasteiger partial charge in [0.1, 0.15) is 0 Å². The molecule has 1 fully saturated rings. The first-order valence-electron chi connectivity index (χ1n) is 13.0. The second-order valence-corrected chi connectivity index (χ2v) is 10.6. The van der Waals surface area contributed by atoms with Gasteiger partial charge in [0.15, 0.2) is 5.82 Å². The highest BCUT2D eigenvalue weighted by Crippen LogP contribution is 2.48. The summed E-state index contributed by atoms with van der Waals surface area (Å²) in [6, 6.07) is 5.29.